The van der Waals surface area contributed by atoms with Crippen LogP contribution in [0.1, 0.15) is 17.5 Å². The van der Waals surface area contributed by atoms with Crippen LogP contribution in [-0.4, -0.2) is 52.2 Å². The van der Waals surface area contributed by atoms with Crippen LogP contribution >= 0.6 is 0 Å². The van der Waals surface area contributed by atoms with Gasteiger partial charge in [-0.05, 0) is 47.9 Å². The number of aliphatic hydroxyl groups excluding tert-OH is 1. The number of hydrogen-bond acceptors (Lipinski definition) is 4. The Morgan fingerprint density at radius 1 is 1.00 bits per heavy atom. The van der Waals surface area contributed by atoms with Gasteiger partial charge in [0, 0.05) is 57.0 Å². The maximum absolute atomic E-state index is 13.2. The van der Waals surface area contributed by atoms with Crippen LogP contribution < -0.4 is 0 Å². The number of benzene rings is 2. The molecule has 0 saturated carbocycles. The first-order valence-corrected chi connectivity index (χ1v) is 9.86. The molecule has 5 heteroatoms. The summed E-state index contributed by atoms with van der Waals surface area (Å²) in [5.41, 5.74) is 3.42. The van der Waals surface area contributed by atoms with Gasteiger partial charge in [-0.15, -0.1) is 0 Å². The number of halogens is 1. The molecule has 2 heterocycles. The quantitative estimate of drug-likeness (QED) is 0.712. The van der Waals surface area contributed by atoms with Crippen LogP contribution in [0, 0.1) is 5.82 Å². The molecule has 1 unspecified atom stereocenters. The molecule has 3 aromatic rings. The van der Waals surface area contributed by atoms with Crippen LogP contribution in [0.2, 0.25) is 0 Å². The Balaban J connectivity index is 1.42. The molecule has 1 atom stereocenters. The van der Waals surface area contributed by atoms with E-state index >= 15 is 0 Å². The zero-order chi connectivity index (χ0) is 19.3. The zero-order valence-corrected chi connectivity index (χ0v) is 16.0. The molecule has 1 aliphatic heterocycles. The maximum Gasteiger partial charge on any atom is 0.123 e. The maximum atomic E-state index is 13.2. The summed E-state index contributed by atoms with van der Waals surface area (Å²) < 4.78 is 13.2. The highest BCUT2D eigenvalue weighted by Crippen LogP contribution is 2.20. The Bertz CT molecular complexity index is 915. The highest BCUT2D eigenvalue weighted by Gasteiger charge is 2.26. The van der Waals surface area contributed by atoms with Gasteiger partial charge >= 0.3 is 0 Å². The summed E-state index contributed by atoms with van der Waals surface area (Å²) in [7, 11) is 0. The highest BCUT2D eigenvalue weighted by molar-refractivity contribution is 5.78. The van der Waals surface area contributed by atoms with Crippen LogP contribution in [0.25, 0.3) is 10.9 Å². The van der Waals surface area contributed by atoms with Gasteiger partial charge in [0.25, 0.3) is 0 Å². The van der Waals surface area contributed by atoms with E-state index in [9.17, 15) is 9.50 Å². The van der Waals surface area contributed by atoms with E-state index in [4.69, 9.17) is 0 Å². The van der Waals surface area contributed by atoms with Crippen LogP contribution in [0.3, 0.4) is 0 Å². The highest BCUT2D eigenvalue weighted by atomic mass is 19.1. The van der Waals surface area contributed by atoms with Crippen molar-refractivity contribution in [2.24, 2.45) is 0 Å². The first-order chi connectivity index (χ1) is 13.7. The molecule has 0 bridgehead atoms. The number of hydrogen-bond donors (Lipinski definition) is 1. The van der Waals surface area contributed by atoms with Gasteiger partial charge in [-0.3, -0.25) is 14.8 Å². The fraction of sp³-hybridized carbons (Fsp3) is 0.348. The lowest BCUT2D eigenvalue weighted by molar-refractivity contribution is 0.0500. The molecule has 0 spiro atoms. The topological polar surface area (TPSA) is 39.6 Å². The zero-order valence-electron chi connectivity index (χ0n) is 16.0. The lowest BCUT2D eigenvalue weighted by Crippen LogP contribution is -2.52. The van der Waals surface area contributed by atoms with Gasteiger partial charge in [-0.25, -0.2) is 4.39 Å². The molecule has 1 fully saturated rings. The van der Waals surface area contributed by atoms with Crippen LogP contribution in [0.5, 0.6) is 0 Å². The van der Waals surface area contributed by atoms with Crippen LogP contribution in [0.15, 0.2) is 60.8 Å². The van der Waals surface area contributed by atoms with E-state index in [1.54, 1.807) is 0 Å². The normalized spacial score (nSPS) is 18.6. The van der Waals surface area contributed by atoms with Crippen molar-refractivity contribution >= 4 is 10.9 Å². The molecular weight excluding hydrogens is 353 g/mol. The number of nitrogens with zero attached hydrogens (tertiary/aromatic N) is 3. The van der Waals surface area contributed by atoms with Gasteiger partial charge < -0.3 is 5.11 Å². The Hall–Kier alpha value is -2.34. The van der Waals surface area contributed by atoms with Gasteiger partial charge in [-0.2, -0.15) is 0 Å². The van der Waals surface area contributed by atoms with Gasteiger partial charge in [0.05, 0.1) is 5.52 Å². The van der Waals surface area contributed by atoms with Crippen molar-refractivity contribution in [3.63, 3.8) is 0 Å². The Morgan fingerprint density at radius 3 is 2.64 bits per heavy atom. The van der Waals surface area contributed by atoms with Crippen molar-refractivity contribution in [3.8, 4) is 0 Å². The minimum atomic E-state index is -0.203. The van der Waals surface area contributed by atoms with Gasteiger partial charge in [0.2, 0.25) is 0 Å². The van der Waals surface area contributed by atoms with Crippen molar-refractivity contribution in [1.82, 2.24) is 14.8 Å². The van der Waals surface area contributed by atoms with Gasteiger partial charge in [-0.1, -0.05) is 24.3 Å². The van der Waals surface area contributed by atoms with E-state index in [0.29, 0.717) is 6.04 Å². The van der Waals surface area contributed by atoms with E-state index in [0.717, 1.165) is 50.2 Å². The first kappa shape index (κ1) is 19.0. The molecule has 1 N–H and O–H groups in total. The summed E-state index contributed by atoms with van der Waals surface area (Å²) in [5.74, 6) is -0.203. The molecule has 4 rings (SSSR count). The van der Waals surface area contributed by atoms with Crippen molar-refractivity contribution in [3.05, 3.63) is 77.7 Å². The van der Waals surface area contributed by atoms with Crippen molar-refractivity contribution in [1.29, 1.82) is 0 Å². The third-order valence-electron chi connectivity index (χ3n) is 5.52. The predicted molar refractivity (Wildman–Crippen MR) is 109 cm³/mol. The smallest absolute Gasteiger partial charge is 0.123 e. The molecular formula is C23H26FN3O. The molecule has 1 saturated heterocycles. The van der Waals surface area contributed by atoms with Gasteiger partial charge in [0.15, 0.2) is 0 Å². The lowest BCUT2D eigenvalue weighted by Gasteiger charge is -2.41. The molecule has 1 aromatic heterocycles. The number of piperazine rings is 1. The van der Waals surface area contributed by atoms with Crippen molar-refractivity contribution < 1.29 is 9.50 Å². The minimum absolute atomic E-state index is 0.181. The molecule has 2 aromatic carbocycles. The monoisotopic (exact) mass is 379 g/mol. The fourth-order valence-corrected chi connectivity index (χ4v) is 4.04. The summed E-state index contributed by atoms with van der Waals surface area (Å²) >= 11 is 0. The SMILES string of the molecule is OCCC1CN(Cc2ccc3ncccc3c2)CCN1Cc1ccc(F)cc1. The number of rotatable bonds is 6. The Kier molecular flexibility index (Phi) is 5.95. The van der Waals surface area contributed by atoms with Gasteiger partial charge in [0.1, 0.15) is 5.82 Å². The molecule has 4 nitrogen and oxygen atoms in total. The lowest BCUT2D eigenvalue weighted by atomic mass is 10.1. The van der Waals surface area contributed by atoms with E-state index in [2.05, 4.69) is 39.0 Å². The standard InChI is InChI=1S/C23H26FN3O/c24-21-6-3-18(4-7-21)16-27-12-11-26(17-22(27)9-13-28)15-19-5-8-23-20(14-19)2-1-10-25-23/h1-8,10,14,22,28H,9,11-13,15-17H2. The van der Waals surface area contributed by atoms with Crippen LogP contribution in [-0.2, 0) is 13.1 Å². The third kappa shape index (κ3) is 4.55. The first-order valence-electron chi connectivity index (χ1n) is 9.86. The summed E-state index contributed by atoms with van der Waals surface area (Å²) in [6.07, 6.45) is 2.57. The largest absolute Gasteiger partial charge is 0.396 e. The second-order valence-electron chi connectivity index (χ2n) is 7.53. The van der Waals surface area contributed by atoms with Crippen LogP contribution in [0.4, 0.5) is 4.39 Å². The summed E-state index contributed by atoms with van der Waals surface area (Å²) in [6.45, 7) is 4.72. The number of aliphatic hydroxyl groups is 1. The molecule has 0 radical (unpaired) electrons. The Labute approximate surface area is 165 Å². The molecule has 28 heavy (non-hydrogen) atoms. The average molecular weight is 379 g/mol. The summed E-state index contributed by atoms with van der Waals surface area (Å²) in [5, 5.41) is 10.7. The predicted octanol–water partition coefficient (Wildman–Crippen LogP) is 3.44. The molecule has 0 amide bonds. The number of pyridine rings is 1. The summed E-state index contributed by atoms with van der Waals surface area (Å²) in [6, 6.07) is 17.5. The number of aromatic nitrogens is 1. The van der Waals surface area contributed by atoms with E-state index in [1.807, 2.05) is 24.4 Å². The Morgan fingerprint density at radius 2 is 1.82 bits per heavy atom. The minimum Gasteiger partial charge on any atom is -0.396 e. The molecule has 1 aliphatic rings. The third-order valence-corrected chi connectivity index (χ3v) is 5.52. The second kappa shape index (κ2) is 8.78. The fourth-order valence-electron chi connectivity index (χ4n) is 4.04. The molecule has 146 valence electrons. The summed E-state index contributed by atoms with van der Waals surface area (Å²) in [4.78, 5) is 9.25. The van der Waals surface area contributed by atoms with E-state index < -0.39 is 0 Å². The van der Waals surface area contributed by atoms with Crippen molar-refractivity contribution in [2.45, 2.75) is 25.6 Å². The number of fused-ring (bicyclic) bond motifs is 1. The average Bonchev–Trinajstić information content (AvgIpc) is 2.72. The van der Waals surface area contributed by atoms with E-state index in [1.165, 1.54) is 23.1 Å². The van der Waals surface area contributed by atoms with Crippen molar-refractivity contribution in [2.75, 3.05) is 26.2 Å². The molecule has 0 aliphatic carbocycles. The second-order valence-corrected chi connectivity index (χ2v) is 7.53. The van der Waals surface area contributed by atoms with E-state index in [-0.39, 0.29) is 12.4 Å².